The summed E-state index contributed by atoms with van der Waals surface area (Å²) >= 11 is 0. The summed E-state index contributed by atoms with van der Waals surface area (Å²) in [6.45, 7) is 3.62. The van der Waals surface area contributed by atoms with Crippen molar-refractivity contribution in [3.8, 4) is 0 Å². The van der Waals surface area contributed by atoms with E-state index in [2.05, 4.69) is 12.2 Å². The average Bonchev–Trinajstić information content (AvgIpc) is 1.69. The minimum atomic E-state index is 0.536. The highest BCUT2D eigenvalue weighted by Gasteiger charge is 2.06. The summed E-state index contributed by atoms with van der Waals surface area (Å²) in [7, 11) is 0. The molecule has 0 bridgehead atoms. The molecule has 0 N–H and O–H groups in total. The summed E-state index contributed by atoms with van der Waals surface area (Å²) < 4.78 is 4.97. The summed E-state index contributed by atoms with van der Waals surface area (Å²) in [4.78, 5) is 0. The Bertz CT molecular complexity index is 50.0. The molecule has 1 unspecified atom stereocenters. The van der Waals surface area contributed by atoms with Gasteiger partial charge in [-0.3, -0.25) is 0 Å². The van der Waals surface area contributed by atoms with Gasteiger partial charge in [-0.1, -0.05) is 0 Å². The Balaban J connectivity index is 2.12. The molecule has 1 saturated heterocycles. The zero-order valence-corrected chi connectivity index (χ0v) is 4.55. The van der Waals surface area contributed by atoms with Gasteiger partial charge in [0.15, 0.2) is 0 Å². The number of rotatable bonds is 0. The third-order valence-electron chi connectivity index (χ3n) is 1.16. The summed E-state index contributed by atoms with van der Waals surface area (Å²) in [6.07, 6.45) is 1.10. The van der Waals surface area contributed by atoms with Crippen molar-refractivity contribution in [2.45, 2.75) is 19.4 Å². The van der Waals surface area contributed by atoms with Gasteiger partial charge in [0.05, 0.1) is 0 Å². The van der Waals surface area contributed by atoms with Crippen molar-refractivity contribution in [3.05, 3.63) is 0 Å². The summed E-state index contributed by atoms with van der Waals surface area (Å²) in [5, 5.41) is 4.11. The van der Waals surface area contributed by atoms with Crippen LogP contribution in [0.3, 0.4) is 0 Å². The lowest BCUT2D eigenvalue weighted by atomic mass is 10.2. The molecule has 41 valence electrons. The maximum atomic E-state index is 4.97. The van der Waals surface area contributed by atoms with Crippen LogP contribution in [-0.4, -0.2) is 19.4 Å². The molecule has 7 heavy (non-hydrogen) atoms. The molecule has 2 heteroatoms. The van der Waals surface area contributed by atoms with Gasteiger partial charge in [-0.15, -0.1) is 0 Å². The van der Waals surface area contributed by atoms with Gasteiger partial charge in [0, 0.05) is 12.6 Å². The van der Waals surface area contributed by atoms with Crippen LogP contribution in [0.4, 0.5) is 0 Å². The largest absolute Gasteiger partial charge is 0.365 e. The van der Waals surface area contributed by atoms with Crippen molar-refractivity contribution < 1.29 is 4.74 Å². The quantitative estimate of drug-likeness (QED) is 0.431. The minimum absolute atomic E-state index is 0.536. The van der Waals surface area contributed by atoms with Crippen molar-refractivity contribution in [1.29, 1.82) is 0 Å². The van der Waals surface area contributed by atoms with Crippen LogP contribution in [0.5, 0.6) is 0 Å². The monoisotopic (exact) mass is 100 g/mol. The highest BCUT2D eigenvalue weighted by Crippen LogP contribution is 1.97. The zero-order valence-electron chi connectivity index (χ0n) is 4.55. The lowest BCUT2D eigenvalue weighted by molar-refractivity contribution is 0.0621. The highest BCUT2D eigenvalue weighted by atomic mass is 16.5. The van der Waals surface area contributed by atoms with Crippen molar-refractivity contribution in [3.63, 3.8) is 0 Å². The molecule has 1 aliphatic rings. The van der Waals surface area contributed by atoms with E-state index in [1.165, 1.54) is 0 Å². The third kappa shape index (κ3) is 1.45. The van der Waals surface area contributed by atoms with Crippen LogP contribution in [0.15, 0.2) is 0 Å². The Hall–Kier alpha value is -0.0800. The molecule has 0 saturated carbocycles. The Morgan fingerprint density at radius 3 is 2.86 bits per heavy atom. The van der Waals surface area contributed by atoms with E-state index < -0.39 is 0 Å². The zero-order chi connectivity index (χ0) is 5.11. The van der Waals surface area contributed by atoms with Crippen LogP contribution >= 0.6 is 0 Å². The first kappa shape index (κ1) is 5.06. The van der Waals surface area contributed by atoms with E-state index in [0.29, 0.717) is 12.8 Å². The Morgan fingerprint density at radius 2 is 2.57 bits per heavy atom. The molecule has 1 aliphatic heterocycles. The molecule has 0 spiro atoms. The molecule has 0 aromatic rings. The van der Waals surface area contributed by atoms with Gasteiger partial charge in [-0.25, -0.2) is 5.32 Å². The van der Waals surface area contributed by atoms with Gasteiger partial charge in [0.25, 0.3) is 0 Å². The Kier molecular flexibility index (Phi) is 1.65. The van der Waals surface area contributed by atoms with E-state index in [1.54, 1.807) is 0 Å². The second kappa shape index (κ2) is 2.28. The molecule has 1 atom stereocenters. The molecule has 1 rings (SSSR count). The number of nitrogens with zero attached hydrogens (tertiary/aromatic N) is 1. The summed E-state index contributed by atoms with van der Waals surface area (Å²) in [5.41, 5.74) is 0. The van der Waals surface area contributed by atoms with Crippen molar-refractivity contribution in [2.75, 3.05) is 13.3 Å². The van der Waals surface area contributed by atoms with E-state index >= 15 is 0 Å². The maximum Gasteiger partial charge on any atom is 0.112 e. The normalized spacial score (nSPS) is 33.0. The van der Waals surface area contributed by atoms with Crippen LogP contribution in [0.2, 0.25) is 0 Å². The van der Waals surface area contributed by atoms with Gasteiger partial charge in [0.1, 0.15) is 6.73 Å². The van der Waals surface area contributed by atoms with Crippen LogP contribution < -0.4 is 5.32 Å². The Morgan fingerprint density at radius 1 is 1.71 bits per heavy atom. The van der Waals surface area contributed by atoms with Gasteiger partial charge in [-0.2, -0.15) is 0 Å². The summed E-state index contributed by atoms with van der Waals surface area (Å²) in [5.74, 6) is 0. The van der Waals surface area contributed by atoms with Gasteiger partial charge >= 0.3 is 0 Å². The fourth-order valence-electron chi connectivity index (χ4n) is 0.590. The van der Waals surface area contributed by atoms with Gasteiger partial charge < -0.3 is 4.74 Å². The van der Waals surface area contributed by atoms with E-state index in [4.69, 9.17) is 4.74 Å². The lowest BCUT2D eigenvalue weighted by Gasteiger charge is -2.16. The molecule has 1 radical (unpaired) electrons. The van der Waals surface area contributed by atoms with Crippen LogP contribution in [0.25, 0.3) is 0 Å². The van der Waals surface area contributed by atoms with Crippen LogP contribution in [0, 0.1) is 0 Å². The SMILES string of the molecule is CC1CCOC[N]1. The van der Waals surface area contributed by atoms with E-state index in [9.17, 15) is 0 Å². The number of hydrogen-bond acceptors (Lipinski definition) is 1. The van der Waals surface area contributed by atoms with Gasteiger partial charge in [-0.05, 0) is 13.3 Å². The molecule has 0 aromatic carbocycles. The first-order valence-corrected chi connectivity index (χ1v) is 2.64. The van der Waals surface area contributed by atoms with E-state index in [0.717, 1.165) is 13.0 Å². The smallest absolute Gasteiger partial charge is 0.112 e. The molecule has 1 heterocycles. The van der Waals surface area contributed by atoms with Crippen molar-refractivity contribution in [1.82, 2.24) is 5.32 Å². The topological polar surface area (TPSA) is 23.3 Å². The molecule has 2 nitrogen and oxygen atoms in total. The summed E-state index contributed by atoms with van der Waals surface area (Å²) in [6, 6.07) is 0.536. The molecular formula is C5H10NO. The molecule has 1 fully saturated rings. The number of ether oxygens (including phenoxy) is 1. The molecule has 0 amide bonds. The number of hydrogen-bond donors (Lipinski definition) is 0. The highest BCUT2D eigenvalue weighted by molar-refractivity contribution is 4.59. The minimum Gasteiger partial charge on any atom is -0.365 e. The first-order chi connectivity index (χ1) is 3.39. The second-order valence-corrected chi connectivity index (χ2v) is 1.86. The van der Waals surface area contributed by atoms with Crippen molar-refractivity contribution in [2.24, 2.45) is 0 Å². The van der Waals surface area contributed by atoms with Crippen LogP contribution in [0.1, 0.15) is 13.3 Å². The fourth-order valence-corrected chi connectivity index (χ4v) is 0.590. The predicted octanol–water partition coefficient (Wildman–Crippen LogP) is 0.357. The fraction of sp³-hybridized carbons (Fsp3) is 1.00. The molecule has 0 aromatic heterocycles. The van der Waals surface area contributed by atoms with Crippen LogP contribution in [-0.2, 0) is 4.74 Å². The van der Waals surface area contributed by atoms with Gasteiger partial charge in [0.2, 0.25) is 0 Å². The Labute approximate surface area is 43.9 Å². The maximum absolute atomic E-state index is 4.97. The second-order valence-electron chi connectivity index (χ2n) is 1.86. The molecular weight excluding hydrogens is 90.1 g/mol. The lowest BCUT2D eigenvalue weighted by Crippen LogP contribution is -2.28. The average molecular weight is 100 g/mol. The van der Waals surface area contributed by atoms with Crippen molar-refractivity contribution >= 4 is 0 Å². The molecule has 0 aliphatic carbocycles. The third-order valence-corrected chi connectivity index (χ3v) is 1.16. The first-order valence-electron chi connectivity index (χ1n) is 2.64. The van der Waals surface area contributed by atoms with E-state index in [-0.39, 0.29) is 0 Å². The predicted molar refractivity (Wildman–Crippen MR) is 27.0 cm³/mol. The standard InChI is InChI=1S/C5H10NO/c1-5-2-3-7-4-6-5/h5H,2-4H2,1H3. The van der Waals surface area contributed by atoms with E-state index in [1.807, 2.05) is 0 Å².